The molecule has 0 aromatic heterocycles. The van der Waals surface area contributed by atoms with Gasteiger partial charge in [0.05, 0.1) is 17.8 Å². The number of hydrogen-bond donors (Lipinski definition) is 0. The maximum absolute atomic E-state index is 11.9. The van der Waals surface area contributed by atoms with Crippen molar-refractivity contribution in [3.05, 3.63) is 0 Å². The van der Waals surface area contributed by atoms with Gasteiger partial charge in [0.1, 0.15) is 0 Å². The second-order valence-electron chi connectivity index (χ2n) is 36.0. The minimum absolute atomic E-state index is 0.0658. The Hall–Kier alpha value is -3.15. The standard InChI is InChI=1S/2C7H10F6.2C7H13F3.C7H16.2C6H8F6.3C6H11F3.3C6H14.C5H6F6/c1-4(2)3-5(6(8,9)10)7(11,12)13;1-2-3-4-5(6(8,9)10)7(11,12)13;1-3-4-6(2)5-7(8,9)10;1-2-3-4-5-6-7(8,9)10;1-4-5-6-7(2)3;1-4(6(10,11)12)2-3-5(7,8)9;1-2-3-4(5(7,8)9)6(10,11)12;1-4(2)5(3)6(7,8)9;1-3-4-5(2)6(7,8)9;1-2-3-4-5-6(7,8)9;2*1-5-6(2,3)4;1-4-6(3)5-2;1-3(2,4(6,7)8)5(9,10)11/h4-5H,3H2,1-2H3;5H,2-4H2,1H3;6H,3-5H2,1-2H3;2-6H2,1H3;7H,4-6H2,1-3H3;2*4H,2-3H2,1H3;4-5H,1-3H3;5H,3-4H2,1-2H3;2-5H2,1H3;2*5H2,1-4H3;6H,4-5H2,1-3H3;1-2H3/t;;6-;;;4-;;;5-;;;;;/m..0..0..0...../s1. The number of unbranched alkanes of at least 4 members (excludes halogenated alkanes) is 7. The van der Waals surface area contributed by atoms with Gasteiger partial charge in [0.2, 0.25) is 0 Å². The summed E-state index contributed by atoms with van der Waals surface area (Å²) < 4.78 is 525. The van der Waals surface area contributed by atoms with Crippen molar-refractivity contribution in [1.82, 2.24) is 0 Å². The van der Waals surface area contributed by atoms with Crippen LogP contribution in [0.1, 0.15) is 394 Å². The molecule has 0 amide bonds. The molecule has 0 aliphatic carbocycles. The van der Waals surface area contributed by atoms with E-state index in [0.717, 1.165) is 44.4 Å². The molecular weight excluding hydrogens is 1910 g/mol. The number of rotatable bonds is 27. The first kappa shape index (κ1) is 161. The fourth-order valence-corrected chi connectivity index (χ4v) is 7.54. The van der Waals surface area contributed by atoms with E-state index in [9.17, 15) is 198 Å². The van der Waals surface area contributed by atoms with Gasteiger partial charge in [-0.3, -0.25) is 0 Å². The lowest BCUT2D eigenvalue weighted by molar-refractivity contribution is -0.327. The van der Waals surface area contributed by atoms with E-state index in [1.165, 1.54) is 79.6 Å². The van der Waals surface area contributed by atoms with Crippen LogP contribution in [0.25, 0.3) is 0 Å². The highest BCUT2D eigenvalue weighted by molar-refractivity contribution is 4.84. The molecule has 4 atom stereocenters. The molecule has 0 heterocycles. The van der Waals surface area contributed by atoms with Crippen LogP contribution in [0.4, 0.5) is 198 Å². The zero-order valence-electron chi connectivity index (χ0n) is 82.9. The highest BCUT2D eigenvalue weighted by Crippen LogP contribution is 2.50. The Bertz CT molecular complexity index is 2390. The van der Waals surface area contributed by atoms with E-state index in [-0.39, 0.29) is 57.8 Å². The Labute approximate surface area is 763 Å². The van der Waals surface area contributed by atoms with Gasteiger partial charge in [-0.2, -0.15) is 198 Å². The second kappa shape index (κ2) is 75.7. The fraction of sp³-hybridized carbons (Fsp3) is 1.00. The lowest BCUT2D eigenvalue weighted by atomic mass is 9.92. The Morgan fingerprint density at radius 3 is 0.609 bits per heavy atom. The number of hydrogen-bond acceptors (Lipinski definition) is 0. The molecule has 826 valence electrons. The Morgan fingerprint density at radius 1 is 0.211 bits per heavy atom. The van der Waals surface area contributed by atoms with Gasteiger partial charge in [-0.05, 0) is 99.2 Å². The third-order valence-corrected chi connectivity index (χ3v) is 18.5. The van der Waals surface area contributed by atoms with E-state index in [0.29, 0.717) is 42.9 Å². The number of alkyl halides is 45. The predicted molar refractivity (Wildman–Crippen MR) is 441 cm³/mol. The summed E-state index contributed by atoms with van der Waals surface area (Å²) in [6.45, 7) is 52.5. The molecule has 0 saturated heterocycles. The van der Waals surface area contributed by atoms with Crippen molar-refractivity contribution in [3.63, 3.8) is 0 Å². The monoisotopic (exact) mass is 2070 g/mol. The van der Waals surface area contributed by atoms with E-state index in [4.69, 9.17) is 0 Å². The summed E-state index contributed by atoms with van der Waals surface area (Å²) in [5.41, 5.74) is -2.54. The smallest absolute Gasteiger partial charge is 0.171 e. The summed E-state index contributed by atoms with van der Waals surface area (Å²) in [6, 6.07) is 0. The minimum Gasteiger partial charge on any atom is -0.171 e. The second-order valence-corrected chi connectivity index (χ2v) is 36.0. The maximum Gasteiger partial charge on any atom is 0.402 e. The summed E-state index contributed by atoms with van der Waals surface area (Å²) >= 11 is 0. The van der Waals surface area contributed by atoms with Gasteiger partial charge in [-0.1, -0.05) is 309 Å². The van der Waals surface area contributed by atoms with Crippen LogP contribution in [0.15, 0.2) is 0 Å². The van der Waals surface area contributed by atoms with E-state index in [1.54, 1.807) is 34.6 Å². The summed E-state index contributed by atoms with van der Waals surface area (Å²) in [4.78, 5) is 0. The molecule has 0 aromatic rings. The van der Waals surface area contributed by atoms with E-state index in [1.807, 2.05) is 20.8 Å². The molecule has 0 aromatic carbocycles. The van der Waals surface area contributed by atoms with Gasteiger partial charge in [0, 0.05) is 25.7 Å². The lowest BCUT2D eigenvalue weighted by Crippen LogP contribution is -2.44. The third kappa shape index (κ3) is 127. The van der Waals surface area contributed by atoms with Gasteiger partial charge in [0.15, 0.2) is 23.2 Å². The van der Waals surface area contributed by atoms with Crippen LogP contribution < -0.4 is 0 Å². The molecule has 0 nitrogen and oxygen atoms in total. The van der Waals surface area contributed by atoms with Crippen molar-refractivity contribution in [3.8, 4) is 0 Å². The van der Waals surface area contributed by atoms with Gasteiger partial charge in [-0.25, -0.2) is 0 Å². The molecule has 0 rings (SSSR count). The van der Waals surface area contributed by atoms with Gasteiger partial charge >= 0.3 is 92.6 Å². The molecule has 0 spiro atoms. The van der Waals surface area contributed by atoms with Crippen LogP contribution >= 0.6 is 0 Å². The lowest BCUT2D eigenvalue weighted by Gasteiger charge is -2.29. The fourth-order valence-electron chi connectivity index (χ4n) is 7.54. The summed E-state index contributed by atoms with van der Waals surface area (Å²) in [7, 11) is 0. The van der Waals surface area contributed by atoms with Gasteiger partial charge in [-0.15, -0.1) is 0 Å². The molecule has 0 aliphatic heterocycles. The third-order valence-electron chi connectivity index (χ3n) is 18.5. The summed E-state index contributed by atoms with van der Waals surface area (Å²) in [5, 5.41) is 0. The van der Waals surface area contributed by atoms with Crippen molar-refractivity contribution in [2.24, 2.45) is 81.3 Å². The molecular formula is C88H159F45. The van der Waals surface area contributed by atoms with E-state index < -0.39 is 191 Å². The summed E-state index contributed by atoms with van der Waals surface area (Å²) in [5.74, 6) is -13.1. The van der Waals surface area contributed by atoms with Gasteiger partial charge in [0.25, 0.3) is 0 Å². The van der Waals surface area contributed by atoms with Crippen molar-refractivity contribution >= 4 is 0 Å². The molecule has 0 fully saturated rings. The molecule has 0 N–H and O–H groups in total. The van der Waals surface area contributed by atoms with E-state index in [2.05, 4.69) is 96.9 Å². The van der Waals surface area contributed by atoms with Crippen LogP contribution in [0.3, 0.4) is 0 Å². The van der Waals surface area contributed by atoms with Crippen LogP contribution in [-0.4, -0.2) is 92.6 Å². The van der Waals surface area contributed by atoms with Crippen LogP contribution in [0.5, 0.6) is 0 Å². The molecule has 1 unspecified atom stereocenters. The quantitative estimate of drug-likeness (QED) is 0.0568. The van der Waals surface area contributed by atoms with Crippen molar-refractivity contribution in [2.75, 3.05) is 0 Å². The molecule has 0 radical (unpaired) electrons. The zero-order chi connectivity index (χ0) is 111. The maximum atomic E-state index is 11.9. The normalized spacial score (nSPS) is 13.8. The molecule has 0 bridgehead atoms. The first-order valence-corrected chi connectivity index (χ1v) is 44.2. The first-order chi connectivity index (χ1) is 58.2. The van der Waals surface area contributed by atoms with Crippen LogP contribution in [-0.2, 0) is 0 Å². The Kier molecular flexibility index (Phi) is 91.4. The van der Waals surface area contributed by atoms with Crippen LogP contribution in [0, 0.1) is 81.3 Å². The zero-order valence-corrected chi connectivity index (χ0v) is 82.9. The highest BCUT2D eigenvalue weighted by atomic mass is 19.5. The molecule has 133 heavy (non-hydrogen) atoms. The average molecular weight is 2070 g/mol. The van der Waals surface area contributed by atoms with Crippen molar-refractivity contribution < 1.29 is 198 Å². The van der Waals surface area contributed by atoms with Crippen LogP contribution in [0.2, 0.25) is 0 Å². The Morgan fingerprint density at radius 2 is 0.466 bits per heavy atom. The average Bonchev–Trinajstić information content (AvgIpc) is 0.784. The Balaban J connectivity index is -0.0000000961. The van der Waals surface area contributed by atoms with E-state index >= 15 is 0 Å². The SMILES string of the molecule is CC(C)(C(F)(F)F)C(F)(F)F.CC(C)C(C)C(F)(F)F.CC(C)CC(C(F)(F)F)C(F)(F)F.CCC(C)(C)C.CCC(C)(C)C.CCC(C)CC.CCCC(C(F)(F)F)C(F)(F)F.CCCCC(C(F)(F)F)C(F)(F)F.CCCCC(C)C.CCCCCC(F)(F)F.CCCCCCC(F)(F)F.CCC[C@H](C)C(F)(F)F.CCC[C@H](C)CC(F)(F)F.C[C@@H](CCC(F)(F)F)C(F)(F)F. The minimum atomic E-state index is -5.24. The first-order valence-electron chi connectivity index (χ1n) is 44.2. The number of halogens is 45. The van der Waals surface area contributed by atoms with Crippen molar-refractivity contribution in [1.29, 1.82) is 0 Å². The summed E-state index contributed by atoms with van der Waals surface area (Å²) in [6.07, 6.45) is -60.8. The highest BCUT2D eigenvalue weighted by Gasteiger charge is 2.64. The van der Waals surface area contributed by atoms with Gasteiger partial charge < -0.3 is 0 Å². The predicted octanol–water partition coefficient (Wildman–Crippen LogP) is 43.9. The topological polar surface area (TPSA) is 0 Å². The largest absolute Gasteiger partial charge is 0.402 e. The van der Waals surface area contributed by atoms with Crippen molar-refractivity contribution in [2.45, 2.75) is 487 Å². The molecule has 0 saturated carbocycles. The molecule has 45 heteroatoms. The molecule has 0 aliphatic rings.